The molecular weight excluding hydrogens is 264 g/mol. The van der Waals surface area contributed by atoms with Gasteiger partial charge in [0, 0.05) is 11.4 Å². The smallest absolute Gasteiger partial charge is 0.0685 e. The van der Waals surface area contributed by atoms with Crippen molar-refractivity contribution < 1.29 is 4.74 Å². The van der Waals surface area contributed by atoms with Crippen LogP contribution in [0.1, 0.15) is 58.3 Å². The summed E-state index contributed by atoms with van der Waals surface area (Å²) in [4.78, 5) is 0.776. The summed E-state index contributed by atoms with van der Waals surface area (Å²) in [5, 5.41) is 0. The van der Waals surface area contributed by atoms with Crippen molar-refractivity contribution in [2.75, 3.05) is 6.61 Å². The van der Waals surface area contributed by atoms with Gasteiger partial charge in [0.25, 0.3) is 0 Å². The van der Waals surface area contributed by atoms with E-state index in [9.17, 15) is 0 Å². The zero-order valence-corrected chi connectivity index (χ0v) is 11.9. The van der Waals surface area contributed by atoms with Gasteiger partial charge in [-0.05, 0) is 62.7 Å². The van der Waals surface area contributed by atoms with Gasteiger partial charge in [-0.3, -0.25) is 0 Å². The summed E-state index contributed by atoms with van der Waals surface area (Å²) in [5.74, 6) is 0.920. The van der Waals surface area contributed by atoms with Crippen LogP contribution in [-0.2, 0) is 4.74 Å². The number of rotatable bonds is 1. The summed E-state index contributed by atoms with van der Waals surface area (Å²) in [7, 11) is 0. The van der Waals surface area contributed by atoms with Crippen molar-refractivity contribution in [3.63, 3.8) is 0 Å². The van der Waals surface area contributed by atoms with Gasteiger partial charge in [-0.25, -0.2) is 0 Å². The summed E-state index contributed by atoms with van der Waals surface area (Å²) in [6.07, 6.45) is 10.9. The van der Waals surface area contributed by atoms with Crippen molar-refractivity contribution in [3.8, 4) is 0 Å². The summed E-state index contributed by atoms with van der Waals surface area (Å²) >= 11 is 3.81. The third-order valence-corrected chi connectivity index (χ3v) is 6.24. The molecule has 16 heavy (non-hydrogen) atoms. The highest BCUT2D eigenvalue weighted by Gasteiger charge is 2.49. The van der Waals surface area contributed by atoms with Crippen molar-refractivity contribution in [2.24, 2.45) is 11.3 Å². The number of ether oxygens (including phenoxy) is 1. The normalized spacial score (nSPS) is 46.9. The summed E-state index contributed by atoms with van der Waals surface area (Å²) in [6.45, 7) is 3.55. The Kier molecular flexibility index (Phi) is 2.87. The minimum atomic E-state index is 0.330. The maximum Gasteiger partial charge on any atom is 0.0685 e. The molecule has 92 valence electrons. The highest BCUT2D eigenvalue weighted by molar-refractivity contribution is 9.09. The molecule has 0 amide bonds. The van der Waals surface area contributed by atoms with Crippen LogP contribution in [0, 0.1) is 11.3 Å². The van der Waals surface area contributed by atoms with E-state index in [-0.39, 0.29) is 0 Å². The molecule has 2 heteroatoms. The Bertz CT molecular complexity index is 274. The molecule has 0 aromatic heterocycles. The van der Waals surface area contributed by atoms with Crippen molar-refractivity contribution >= 4 is 15.9 Å². The van der Waals surface area contributed by atoms with Crippen LogP contribution in [0.3, 0.4) is 0 Å². The molecule has 3 unspecified atom stereocenters. The lowest BCUT2D eigenvalue weighted by molar-refractivity contribution is -0.158. The highest BCUT2D eigenvalue weighted by Crippen LogP contribution is 2.54. The minimum Gasteiger partial charge on any atom is -0.375 e. The SMILES string of the molecule is CC1(C2CCOC3(CCC3)C2)CCC(Br)C1. The second-order valence-corrected chi connectivity index (χ2v) is 7.86. The molecular formula is C14H23BrO. The molecule has 3 atom stereocenters. The van der Waals surface area contributed by atoms with Gasteiger partial charge in [-0.2, -0.15) is 0 Å². The zero-order chi connectivity index (χ0) is 11.2. The molecule has 2 saturated carbocycles. The zero-order valence-electron chi connectivity index (χ0n) is 10.3. The molecule has 3 aliphatic rings. The molecule has 0 N–H and O–H groups in total. The van der Waals surface area contributed by atoms with Crippen LogP contribution in [0.4, 0.5) is 0 Å². The average Bonchev–Trinajstić information content (AvgIpc) is 2.58. The Morgan fingerprint density at radius 2 is 1.94 bits per heavy atom. The molecule has 3 fully saturated rings. The number of hydrogen-bond donors (Lipinski definition) is 0. The molecule has 1 spiro atoms. The molecule has 3 rings (SSSR count). The molecule has 2 aliphatic carbocycles. The fourth-order valence-corrected chi connectivity index (χ4v) is 5.08. The van der Waals surface area contributed by atoms with Crippen molar-refractivity contribution in [1.29, 1.82) is 0 Å². The fourth-order valence-electron chi connectivity index (χ4n) is 4.11. The summed E-state index contributed by atoms with van der Waals surface area (Å²) in [6, 6.07) is 0. The third kappa shape index (κ3) is 1.86. The van der Waals surface area contributed by atoms with Gasteiger partial charge in [-0.15, -0.1) is 0 Å². The van der Waals surface area contributed by atoms with Crippen LogP contribution >= 0.6 is 15.9 Å². The van der Waals surface area contributed by atoms with Crippen molar-refractivity contribution in [2.45, 2.75) is 68.7 Å². The first kappa shape index (κ1) is 11.5. The van der Waals surface area contributed by atoms with E-state index in [2.05, 4.69) is 22.9 Å². The fraction of sp³-hybridized carbons (Fsp3) is 1.00. The molecule has 0 aromatic carbocycles. The predicted octanol–water partition coefficient (Wildman–Crippen LogP) is 4.29. The van der Waals surface area contributed by atoms with Gasteiger partial charge < -0.3 is 4.74 Å². The van der Waals surface area contributed by atoms with Crippen LogP contribution in [0.25, 0.3) is 0 Å². The van der Waals surface area contributed by atoms with E-state index in [0.717, 1.165) is 17.4 Å². The minimum absolute atomic E-state index is 0.330. The van der Waals surface area contributed by atoms with Gasteiger partial charge in [-0.1, -0.05) is 22.9 Å². The van der Waals surface area contributed by atoms with Crippen LogP contribution in [0.2, 0.25) is 0 Å². The number of hydrogen-bond acceptors (Lipinski definition) is 1. The average molecular weight is 287 g/mol. The Morgan fingerprint density at radius 3 is 2.50 bits per heavy atom. The first-order valence-corrected chi connectivity index (χ1v) is 7.82. The van der Waals surface area contributed by atoms with E-state index in [1.807, 2.05) is 0 Å². The molecule has 0 radical (unpaired) electrons. The van der Waals surface area contributed by atoms with E-state index in [0.29, 0.717) is 11.0 Å². The van der Waals surface area contributed by atoms with E-state index < -0.39 is 0 Å². The van der Waals surface area contributed by atoms with E-state index in [1.165, 1.54) is 51.4 Å². The van der Waals surface area contributed by atoms with Gasteiger partial charge >= 0.3 is 0 Å². The van der Waals surface area contributed by atoms with Gasteiger partial charge in [0.1, 0.15) is 0 Å². The lowest BCUT2D eigenvalue weighted by atomic mass is 9.64. The molecule has 0 bridgehead atoms. The number of halogens is 1. The Morgan fingerprint density at radius 1 is 1.12 bits per heavy atom. The standard InChI is InChI=1S/C14H23BrO/c1-13(7-3-12(15)10-13)11-4-8-16-14(9-11)5-2-6-14/h11-12H,2-10H2,1H3. The van der Waals surface area contributed by atoms with Gasteiger partial charge in [0.2, 0.25) is 0 Å². The second kappa shape index (κ2) is 3.98. The Balaban J connectivity index is 1.70. The van der Waals surface area contributed by atoms with Crippen molar-refractivity contribution in [3.05, 3.63) is 0 Å². The first-order valence-electron chi connectivity index (χ1n) is 6.90. The topological polar surface area (TPSA) is 9.23 Å². The molecule has 0 aromatic rings. The molecule has 1 aliphatic heterocycles. The maximum absolute atomic E-state index is 6.05. The molecule has 1 saturated heterocycles. The van der Waals surface area contributed by atoms with Crippen LogP contribution in [0.15, 0.2) is 0 Å². The monoisotopic (exact) mass is 286 g/mol. The second-order valence-electron chi connectivity index (χ2n) is 6.57. The largest absolute Gasteiger partial charge is 0.375 e. The van der Waals surface area contributed by atoms with Crippen molar-refractivity contribution in [1.82, 2.24) is 0 Å². The lowest BCUT2D eigenvalue weighted by Crippen LogP contribution is -2.48. The Hall–Kier alpha value is 0.440. The lowest BCUT2D eigenvalue weighted by Gasteiger charge is -2.51. The molecule has 1 heterocycles. The number of alkyl halides is 1. The third-order valence-electron chi connectivity index (χ3n) is 5.46. The van der Waals surface area contributed by atoms with E-state index in [1.54, 1.807) is 0 Å². The maximum atomic E-state index is 6.05. The highest BCUT2D eigenvalue weighted by atomic mass is 79.9. The summed E-state index contributed by atoms with van der Waals surface area (Å²) < 4.78 is 6.05. The Labute approximate surface area is 107 Å². The van der Waals surface area contributed by atoms with Crippen LogP contribution in [-0.4, -0.2) is 17.0 Å². The first-order chi connectivity index (χ1) is 7.62. The van der Waals surface area contributed by atoms with Gasteiger partial charge in [0.05, 0.1) is 5.60 Å². The van der Waals surface area contributed by atoms with Crippen LogP contribution in [0.5, 0.6) is 0 Å². The predicted molar refractivity (Wildman–Crippen MR) is 69.9 cm³/mol. The molecule has 1 nitrogen and oxygen atoms in total. The van der Waals surface area contributed by atoms with Gasteiger partial charge in [0.15, 0.2) is 0 Å². The van der Waals surface area contributed by atoms with E-state index in [4.69, 9.17) is 4.74 Å². The van der Waals surface area contributed by atoms with E-state index >= 15 is 0 Å². The summed E-state index contributed by atoms with van der Waals surface area (Å²) in [5.41, 5.74) is 0.927. The quantitative estimate of drug-likeness (QED) is 0.654. The van der Waals surface area contributed by atoms with Crippen LogP contribution < -0.4 is 0 Å².